The van der Waals surface area contributed by atoms with E-state index in [0.717, 1.165) is 34.8 Å². The van der Waals surface area contributed by atoms with Gasteiger partial charge in [-0.2, -0.15) is 0 Å². The number of ether oxygens (including phenoxy) is 1. The molecule has 0 spiro atoms. The Hall–Kier alpha value is -2.44. The SMILES string of the molecule is Cc1cc(-c2nc(-c3ccc(F)c(O)c3)n3c2CCOC(C)C3)cc(C)n1.Cl. The van der Waals surface area contributed by atoms with Crippen molar-refractivity contribution in [2.45, 2.75) is 39.8 Å². The summed E-state index contributed by atoms with van der Waals surface area (Å²) in [6.45, 7) is 7.24. The van der Waals surface area contributed by atoms with Crippen LogP contribution in [0.4, 0.5) is 4.39 Å². The number of phenolic OH excluding ortho intramolecular Hbond substituents is 1. The van der Waals surface area contributed by atoms with Crippen molar-refractivity contribution in [2.75, 3.05) is 6.61 Å². The number of aryl methyl sites for hydroxylation is 2. The van der Waals surface area contributed by atoms with Gasteiger partial charge in [-0.05, 0) is 51.1 Å². The summed E-state index contributed by atoms with van der Waals surface area (Å²) in [6.07, 6.45) is 0.780. The summed E-state index contributed by atoms with van der Waals surface area (Å²) >= 11 is 0. The highest BCUT2D eigenvalue weighted by Crippen LogP contribution is 2.33. The van der Waals surface area contributed by atoms with Crippen LogP contribution < -0.4 is 0 Å². The fourth-order valence-electron chi connectivity index (χ4n) is 3.68. The lowest BCUT2D eigenvalue weighted by atomic mass is 10.1. The van der Waals surface area contributed by atoms with E-state index in [2.05, 4.69) is 9.55 Å². The lowest BCUT2D eigenvalue weighted by molar-refractivity contribution is 0.0666. The second-order valence-corrected chi connectivity index (χ2v) is 7.08. The van der Waals surface area contributed by atoms with Crippen molar-refractivity contribution < 1.29 is 14.2 Å². The molecule has 1 atom stereocenters. The maximum absolute atomic E-state index is 13.5. The quantitative estimate of drug-likeness (QED) is 0.686. The zero-order valence-electron chi connectivity index (χ0n) is 16.1. The Balaban J connectivity index is 0.00000225. The molecule has 0 radical (unpaired) electrons. The molecule has 28 heavy (non-hydrogen) atoms. The minimum atomic E-state index is -0.640. The third-order valence-electron chi connectivity index (χ3n) is 4.81. The average Bonchev–Trinajstić information content (AvgIpc) is 2.83. The highest BCUT2D eigenvalue weighted by atomic mass is 35.5. The van der Waals surface area contributed by atoms with Crippen LogP contribution in [0.25, 0.3) is 22.6 Å². The molecule has 0 fully saturated rings. The Morgan fingerprint density at radius 2 is 1.82 bits per heavy atom. The number of phenols is 1. The maximum Gasteiger partial charge on any atom is 0.164 e. The van der Waals surface area contributed by atoms with Gasteiger partial charge in [0.2, 0.25) is 0 Å². The fourth-order valence-corrected chi connectivity index (χ4v) is 3.68. The number of benzene rings is 1. The molecule has 1 aromatic carbocycles. The van der Waals surface area contributed by atoms with Crippen molar-refractivity contribution in [3.63, 3.8) is 0 Å². The normalized spacial score (nSPS) is 16.2. The smallest absolute Gasteiger partial charge is 0.164 e. The van der Waals surface area contributed by atoms with Gasteiger partial charge in [0.05, 0.1) is 24.9 Å². The van der Waals surface area contributed by atoms with E-state index in [4.69, 9.17) is 9.72 Å². The topological polar surface area (TPSA) is 60.2 Å². The molecule has 1 aliphatic heterocycles. The molecule has 1 unspecified atom stereocenters. The van der Waals surface area contributed by atoms with Gasteiger partial charge in [0, 0.05) is 34.6 Å². The van der Waals surface area contributed by atoms with E-state index in [9.17, 15) is 9.50 Å². The van der Waals surface area contributed by atoms with E-state index in [1.807, 2.05) is 32.9 Å². The van der Waals surface area contributed by atoms with Gasteiger partial charge in [0.15, 0.2) is 11.6 Å². The van der Waals surface area contributed by atoms with E-state index in [1.54, 1.807) is 6.07 Å². The standard InChI is InChI=1S/C21H22FN3O2.ClH/c1-12-8-16(9-13(2)23-12)20-18-6-7-27-14(3)11-25(18)21(24-20)15-4-5-17(22)19(26)10-15;/h4-5,8-10,14,26H,6-7,11H2,1-3H3;1H. The largest absolute Gasteiger partial charge is 0.505 e. The van der Waals surface area contributed by atoms with Crippen LogP contribution in [0.5, 0.6) is 5.75 Å². The molecular weight excluding hydrogens is 381 g/mol. The second-order valence-electron chi connectivity index (χ2n) is 7.08. The van der Waals surface area contributed by atoms with Crippen molar-refractivity contribution in [1.29, 1.82) is 0 Å². The molecule has 5 nitrogen and oxygen atoms in total. The molecule has 0 saturated heterocycles. The van der Waals surface area contributed by atoms with Gasteiger partial charge < -0.3 is 14.4 Å². The number of halogens is 2. The Morgan fingerprint density at radius 3 is 2.50 bits per heavy atom. The Morgan fingerprint density at radius 1 is 1.11 bits per heavy atom. The first-order valence-electron chi connectivity index (χ1n) is 9.08. The number of aromatic nitrogens is 3. The molecule has 7 heteroatoms. The molecule has 4 rings (SSSR count). The first-order valence-corrected chi connectivity index (χ1v) is 9.08. The van der Waals surface area contributed by atoms with Gasteiger partial charge in [0.25, 0.3) is 0 Å². The van der Waals surface area contributed by atoms with E-state index in [1.165, 1.54) is 12.1 Å². The summed E-state index contributed by atoms with van der Waals surface area (Å²) in [7, 11) is 0. The molecule has 3 heterocycles. The number of imidazole rings is 1. The van der Waals surface area contributed by atoms with Crippen molar-refractivity contribution >= 4 is 12.4 Å². The summed E-state index contributed by atoms with van der Waals surface area (Å²) in [4.78, 5) is 9.36. The van der Waals surface area contributed by atoms with Crippen LogP contribution in [0.1, 0.15) is 24.0 Å². The number of fused-ring (bicyclic) bond motifs is 1. The first-order chi connectivity index (χ1) is 12.9. The molecule has 1 aliphatic rings. The number of pyridine rings is 1. The third kappa shape index (κ3) is 3.75. The Kier molecular flexibility index (Phi) is 5.72. The molecule has 148 valence electrons. The highest BCUT2D eigenvalue weighted by molar-refractivity contribution is 5.85. The lowest BCUT2D eigenvalue weighted by Crippen LogP contribution is -2.14. The van der Waals surface area contributed by atoms with Crippen molar-refractivity contribution in [1.82, 2.24) is 14.5 Å². The van der Waals surface area contributed by atoms with Gasteiger partial charge >= 0.3 is 0 Å². The van der Waals surface area contributed by atoms with E-state index < -0.39 is 5.82 Å². The summed E-state index contributed by atoms with van der Waals surface area (Å²) in [6, 6.07) is 8.39. The molecule has 1 N–H and O–H groups in total. The number of nitrogens with zero attached hydrogens (tertiary/aromatic N) is 3. The summed E-state index contributed by atoms with van der Waals surface area (Å²) in [5.41, 5.74) is 5.54. The molecule has 0 aliphatic carbocycles. The zero-order valence-corrected chi connectivity index (χ0v) is 16.9. The third-order valence-corrected chi connectivity index (χ3v) is 4.81. The highest BCUT2D eigenvalue weighted by Gasteiger charge is 2.24. The average molecular weight is 404 g/mol. The van der Waals surface area contributed by atoms with E-state index >= 15 is 0 Å². The van der Waals surface area contributed by atoms with Crippen molar-refractivity contribution in [2.24, 2.45) is 0 Å². The number of hydrogen-bond acceptors (Lipinski definition) is 4. The van der Waals surface area contributed by atoms with Crippen molar-refractivity contribution in [3.05, 3.63) is 53.2 Å². The van der Waals surface area contributed by atoms with Crippen LogP contribution in [-0.4, -0.2) is 32.4 Å². The molecular formula is C21H23ClFN3O2. The van der Waals surface area contributed by atoms with Crippen LogP contribution in [-0.2, 0) is 17.7 Å². The maximum atomic E-state index is 13.5. The second kappa shape index (κ2) is 7.89. The van der Waals surface area contributed by atoms with E-state index in [0.29, 0.717) is 24.5 Å². The van der Waals surface area contributed by atoms with Crippen LogP contribution in [0.15, 0.2) is 30.3 Å². The van der Waals surface area contributed by atoms with Crippen LogP contribution in [0.2, 0.25) is 0 Å². The molecule has 3 aromatic rings. The van der Waals surface area contributed by atoms with Crippen LogP contribution in [0.3, 0.4) is 0 Å². The Labute approximate surface area is 169 Å². The van der Waals surface area contributed by atoms with Gasteiger partial charge in [-0.1, -0.05) is 0 Å². The Bertz CT molecular complexity index is 999. The minimum Gasteiger partial charge on any atom is -0.505 e. The summed E-state index contributed by atoms with van der Waals surface area (Å²) in [5.74, 6) is -0.307. The zero-order chi connectivity index (χ0) is 19.1. The van der Waals surface area contributed by atoms with E-state index in [-0.39, 0.29) is 24.3 Å². The molecule has 2 aromatic heterocycles. The minimum absolute atomic E-state index is 0. The number of hydrogen-bond donors (Lipinski definition) is 1. The molecule has 0 saturated carbocycles. The van der Waals surface area contributed by atoms with Crippen LogP contribution >= 0.6 is 12.4 Å². The predicted molar refractivity (Wildman–Crippen MR) is 108 cm³/mol. The van der Waals surface area contributed by atoms with Gasteiger partial charge in [-0.25, -0.2) is 9.37 Å². The first kappa shape index (κ1) is 20.3. The summed E-state index contributed by atoms with van der Waals surface area (Å²) in [5, 5.41) is 9.82. The molecule has 0 amide bonds. The fraction of sp³-hybridized carbons (Fsp3) is 0.333. The number of aromatic hydroxyl groups is 1. The molecule has 0 bridgehead atoms. The summed E-state index contributed by atoms with van der Waals surface area (Å²) < 4.78 is 21.5. The van der Waals surface area contributed by atoms with Gasteiger partial charge in [0.1, 0.15) is 5.82 Å². The van der Waals surface area contributed by atoms with Crippen molar-refractivity contribution in [3.8, 4) is 28.4 Å². The van der Waals surface area contributed by atoms with Crippen LogP contribution in [0, 0.1) is 19.7 Å². The lowest BCUT2D eigenvalue weighted by Gasteiger charge is -2.13. The predicted octanol–water partition coefficient (Wildman–Crippen LogP) is 4.46. The number of rotatable bonds is 2. The monoisotopic (exact) mass is 403 g/mol. The van der Waals surface area contributed by atoms with Gasteiger partial charge in [-0.3, -0.25) is 4.98 Å². The van der Waals surface area contributed by atoms with Gasteiger partial charge in [-0.15, -0.1) is 12.4 Å².